The number of halogens is 1. The number of hydrogen-bond acceptors (Lipinski definition) is 7. The molecule has 0 aliphatic carbocycles. The zero-order valence-corrected chi connectivity index (χ0v) is 30.4. The van der Waals surface area contributed by atoms with Crippen LogP contribution in [0, 0.1) is 0 Å². The van der Waals surface area contributed by atoms with E-state index in [2.05, 4.69) is 6.58 Å². The second kappa shape index (κ2) is 16.0. The van der Waals surface area contributed by atoms with E-state index in [0.29, 0.717) is 29.9 Å². The Hall–Kier alpha value is -3.46. The maximum absolute atomic E-state index is 14.2. The lowest BCUT2D eigenvalue weighted by Gasteiger charge is -2.35. The minimum atomic E-state index is -4.00. The van der Waals surface area contributed by atoms with Gasteiger partial charge >= 0.3 is 6.09 Å². The molecule has 2 heterocycles. The smallest absolute Gasteiger partial charge is 0.410 e. The summed E-state index contributed by atoms with van der Waals surface area (Å²) < 4.78 is 66.1. The van der Waals surface area contributed by atoms with Crippen molar-refractivity contribution in [3.63, 3.8) is 0 Å². The van der Waals surface area contributed by atoms with E-state index in [4.69, 9.17) is 16.3 Å². The average Bonchev–Trinajstić information content (AvgIpc) is 3.08. The third-order valence-electron chi connectivity index (χ3n) is 8.72. The molecule has 3 aromatic carbocycles. The molecule has 0 saturated carbocycles. The molecule has 1 amide bonds. The van der Waals surface area contributed by atoms with Crippen molar-refractivity contribution in [2.75, 3.05) is 64.8 Å². The molecule has 0 atom stereocenters. The summed E-state index contributed by atoms with van der Waals surface area (Å²) in [5, 5.41) is 0.606. The van der Waals surface area contributed by atoms with Gasteiger partial charge in [0.15, 0.2) is 0 Å². The summed E-state index contributed by atoms with van der Waals surface area (Å²) in [7, 11) is -4.24. The quantitative estimate of drug-likeness (QED) is 0.315. The van der Waals surface area contributed by atoms with Crippen molar-refractivity contribution < 1.29 is 26.4 Å². The minimum Gasteiger partial charge on any atom is -0.445 e. The molecule has 0 spiro atoms. The third-order valence-corrected chi connectivity index (χ3v) is 12.7. The number of nitrogens with zero attached hydrogens (tertiary/aromatic N) is 5. The van der Waals surface area contributed by atoms with Crippen LogP contribution >= 0.6 is 11.6 Å². The van der Waals surface area contributed by atoms with Gasteiger partial charge in [0.25, 0.3) is 10.2 Å². The molecule has 1 saturated heterocycles. The number of rotatable bonds is 7. The number of sulfonamides is 1. The normalized spacial score (nSPS) is 17.9. The minimum absolute atomic E-state index is 0.0731. The van der Waals surface area contributed by atoms with Crippen LogP contribution in [0.3, 0.4) is 0 Å². The molecule has 0 aromatic heterocycles. The van der Waals surface area contributed by atoms with E-state index in [1.807, 2.05) is 61.5 Å². The molecule has 2 aliphatic heterocycles. The van der Waals surface area contributed by atoms with Gasteiger partial charge in [0.2, 0.25) is 10.0 Å². The molecule has 0 radical (unpaired) electrons. The van der Waals surface area contributed by atoms with Crippen molar-refractivity contribution in [2.24, 2.45) is 0 Å². The van der Waals surface area contributed by atoms with Gasteiger partial charge in [-0.25, -0.2) is 13.2 Å². The molecule has 11 nitrogen and oxygen atoms in total. The lowest BCUT2D eigenvalue weighted by atomic mass is 10.0. The van der Waals surface area contributed by atoms with Crippen LogP contribution in [0.15, 0.2) is 89.8 Å². The number of fused-ring (bicyclic) bond motifs is 1. The zero-order valence-electron chi connectivity index (χ0n) is 28.0. The van der Waals surface area contributed by atoms with E-state index in [9.17, 15) is 21.6 Å². The van der Waals surface area contributed by atoms with Crippen LogP contribution < -0.4 is 4.90 Å². The maximum Gasteiger partial charge on any atom is 0.410 e. The fraction of sp³-hybridized carbons (Fsp3) is 0.400. The second-order valence-electron chi connectivity index (χ2n) is 12.5. The van der Waals surface area contributed by atoms with Crippen LogP contribution in [0.5, 0.6) is 0 Å². The number of ether oxygens (including phenoxy) is 1. The molecule has 1 fully saturated rings. The van der Waals surface area contributed by atoms with Crippen LogP contribution in [0.1, 0.15) is 29.5 Å². The van der Waals surface area contributed by atoms with Gasteiger partial charge in [-0.15, -0.1) is 0 Å². The van der Waals surface area contributed by atoms with Gasteiger partial charge in [0.1, 0.15) is 6.61 Å². The molecule has 5 rings (SSSR count). The first-order chi connectivity index (χ1) is 23.3. The summed E-state index contributed by atoms with van der Waals surface area (Å²) in [6, 6.07) is 21.4. The SMILES string of the molecule is C=C1CN(S(=O)(=O)c2ccc(N(C)C)cc2)CCCN(C(=O)OCc2ccccc2)CCCN(S(=O)(=O)N2CCc3cc(Cl)ccc3C2)C1. The lowest BCUT2D eigenvalue weighted by molar-refractivity contribution is 0.0940. The summed E-state index contributed by atoms with van der Waals surface area (Å²) in [4.78, 5) is 16.8. The summed E-state index contributed by atoms with van der Waals surface area (Å²) in [5.74, 6) is 0. The zero-order chi connectivity index (χ0) is 35.2. The number of carbonyl (C=O) groups is 1. The largest absolute Gasteiger partial charge is 0.445 e. The van der Waals surface area contributed by atoms with Gasteiger partial charge < -0.3 is 14.5 Å². The standard InChI is InChI=1S/C35H44ClN5O6S2/c1-28-24-39(48(43,44)34-15-13-33(14-16-34)37(2)3)20-7-18-38(35(42)47-27-29-9-5-4-6-10-29)19-8-21-40(25-28)49(45,46)41-22-17-30-23-32(36)12-11-31(30)26-41/h4-6,9-16,23H,1,7-8,17-22,24-27H2,2-3H3. The number of carbonyl (C=O) groups excluding carboxylic acids is 1. The van der Waals surface area contributed by atoms with E-state index in [0.717, 1.165) is 22.4 Å². The molecule has 49 heavy (non-hydrogen) atoms. The van der Waals surface area contributed by atoms with Crippen LogP contribution in [-0.2, 0) is 44.5 Å². The van der Waals surface area contributed by atoms with Gasteiger partial charge in [-0.2, -0.15) is 21.3 Å². The fourth-order valence-electron chi connectivity index (χ4n) is 6.01. The Labute approximate surface area is 295 Å². The van der Waals surface area contributed by atoms with E-state index < -0.39 is 26.3 Å². The van der Waals surface area contributed by atoms with Crippen molar-refractivity contribution >= 4 is 43.6 Å². The molecular formula is C35H44ClN5O6S2. The molecule has 0 unspecified atom stereocenters. The first-order valence-corrected chi connectivity index (χ1v) is 19.5. The summed E-state index contributed by atoms with van der Waals surface area (Å²) in [6.45, 7) is 5.21. The Bertz CT molecular complexity index is 1840. The van der Waals surface area contributed by atoms with E-state index in [1.54, 1.807) is 30.3 Å². The molecule has 0 bridgehead atoms. The van der Waals surface area contributed by atoms with Crippen LogP contribution in [-0.4, -0.2) is 101 Å². The predicted molar refractivity (Wildman–Crippen MR) is 192 cm³/mol. The first-order valence-electron chi connectivity index (χ1n) is 16.3. The Morgan fingerprint density at radius 1 is 0.796 bits per heavy atom. The Morgan fingerprint density at radius 3 is 2.10 bits per heavy atom. The van der Waals surface area contributed by atoms with Crippen LogP contribution in [0.4, 0.5) is 10.5 Å². The third kappa shape index (κ3) is 9.21. The second-order valence-corrected chi connectivity index (χ2v) is 16.9. The summed E-state index contributed by atoms with van der Waals surface area (Å²) in [6.07, 6.45) is 0.679. The van der Waals surface area contributed by atoms with Crippen LogP contribution in [0.2, 0.25) is 5.02 Å². The molecule has 3 aromatic rings. The van der Waals surface area contributed by atoms with Crippen molar-refractivity contribution in [2.45, 2.75) is 37.3 Å². The highest BCUT2D eigenvalue weighted by Crippen LogP contribution is 2.27. The molecule has 14 heteroatoms. The summed E-state index contributed by atoms with van der Waals surface area (Å²) in [5.41, 5.74) is 4.04. The monoisotopic (exact) mass is 729 g/mol. The van der Waals surface area contributed by atoms with Crippen molar-refractivity contribution in [1.82, 2.24) is 17.8 Å². The van der Waals surface area contributed by atoms with Gasteiger partial charge in [-0.3, -0.25) is 0 Å². The molecular weight excluding hydrogens is 686 g/mol. The summed E-state index contributed by atoms with van der Waals surface area (Å²) >= 11 is 6.18. The number of amides is 1. The van der Waals surface area contributed by atoms with Crippen molar-refractivity contribution in [3.05, 3.63) is 107 Å². The lowest BCUT2D eigenvalue weighted by Crippen LogP contribution is -2.48. The van der Waals surface area contributed by atoms with Gasteiger partial charge in [-0.1, -0.05) is 54.6 Å². The molecule has 0 N–H and O–H groups in total. The Morgan fingerprint density at radius 2 is 1.43 bits per heavy atom. The van der Waals surface area contributed by atoms with Gasteiger partial charge in [0, 0.05) is 77.2 Å². The van der Waals surface area contributed by atoms with Crippen molar-refractivity contribution in [3.8, 4) is 0 Å². The number of benzene rings is 3. The highest BCUT2D eigenvalue weighted by atomic mass is 35.5. The molecule has 2 aliphatic rings. The maximum atomic E-state index is 14.2. The first kappa shape index (κ1) is 36.8. The highest BCUT2D eigenvalue weighted by Gasteiger charge is 2.34. The predicted octanol–water partition coefficient (Wildman–Crippen LogP) is 4.99. The van der Waals surface area contributed by atoms with E-state index in [1.165, 1.54) is 17.8 Å². The fourth-order valence-corrected chi connectivity index (χ4v) is 9.36. The average molecular weight is 730 g/mol. The topological polar surface area (TPSA) is 111 Å². The van der Waals surface area contributed by atoms with E-state index >= 15 is 0 Å². The van der Waals surface area contributed by atoms with Gasteiger partial charge in [-0.05, 0) is 77.9 Å². The van der Waals surface area contributed by atoms with Crippen LogP contribution in [0.25, 0.3) is 0 Å². The van der Waals surface area contributed by atoms with Gasteiger partial charge in [0.05, 0.1) is 4.90 Å². The number of hydrogen-bond donors (Lipinski definition) is 0. The van der Waals surface area contributed by atoms with Crippen molar-refractivity contribution in [1.29, 1.82) is 0 Å². The highest BCUT2D eigenvalue weighted by molar-refractivity contribution is 7.89. The molecule has 264 valence electrons. The Balaban J connectivity index is 1.39. The Kier molecular flexibility index (Phi) is 12.1. The van der Waals surface area contributed by atoms with E-state index in [-0.39, 0.29) is 63.9 Å². The number of anilines is 1.